The lowest BCUT2D eigenvalue weighted by Crippen LogP contribution is -2.09. The van der Waals surface area contributed by atoms with Crippen molar-refractivity contribution in [3.8, 4) is 0 Å². The molecule has 0 saturated heterocycles. The van der Waals surface area contributed by atoms with E-state index in [1.54, 1.807) is 0 Å². The Morgan fingerprint density at radius 2 is 1.92 bits per heavy atom. The summed E-state index contributed by atoms with van der Waals surface area (Å²) in [6, 6.07) is 19.0. The quantitative estimate of drug-likeness (QED) is 0.657. The Hall–Kier alpha value is -2.75. The summed E-state index contributed by atoms with van der Waals surface area (Å²) in [5.74, 6) is -0.199. The van der Waals surface area contributed by atoms with Gasteiger partial charge in [-0.15, -0.1) is 0 Å². The Morgan fingerprint density at radius 1 is 1.12 bits per heavy atom. The van der Waals surface area contributed by atoms with Gasteiger partial charge in [-0.25, -0.2) is 0 Å². The highest BCUT2D eigenvalue weighted by Crippen LogP contribution is 2.28. The number of methoxy groups -OCH3 is 1. The molecule has 130 valence electrons. The lowest BCUT2D eigenvalue weighted by atomic mass is 10.2. The van der Waals surface area contributed by atoms with Gasteiger partial charge in [0.1, 0.15) is 0 Å². The number of fused-ring (bicyclic) bond motifs is 1. The number of carbonyl (C=O) groups excluding carboxylic acids is 1. The molecule has 1 heterocycles. The van der Waals surface area contributed by atoms with Gasteiger partial charge < -0.3 is 14.6 Å². The molecule has 0 aliphatic carbocycles. The molecule has 0 bridgehead atoms. The van der Waals surface area contributed by atoms with Gasteiger partial charge in [-0.05, 0) is 30.2 Å². The van der Waals surface area contributed by atoms with Crippen LogP contribution < -0.4 is 5.32 Å². The maximum absolute atomic E-state index is 11.3. The van der Waals surface area contributed by atoms with E-state index in [2.05, 4.69) is 65.3 Å². The third-order valence-electron chi connectivity index (χ3n) is 4.45. The zero-order valence-electron chi connectivity index (χ0n) is 14.8. The lowest BCUT2D eigenvalue weighted by Gasteiger charge is -2.11. The van der Waals surface area contributed by atoms with Gasteiger partial charge in [0, 0.05) is 29.9 Å². The van der Waals surface area contributed by atoms with Crippen LogP contribution in [0.25, 0.3) is 10.9 Å². The van der Waals surface area contributed by atoms with Crippen molar-refractivity contribution < 1.29 is 9.53 Å². The van der Waals surface area contributed by atoms with Crippen LogP contribution in [0, 0.1) is 0 Å². The lowest BCUT2D eigenvalue weighted by molar-refractivity contribution is -0.140. The minimum Gasteiger partial charge on any atom is -0.469 e. The van der Waals surface area contributed by atoms with Crippen molar-refractivity contribution in [3.63, 3.8) is 0 Å². The van der Waals surface area contributed by atoms with Crippen LogP contribution in [0.1, 0.15) is 24.6 Å². The molecule has 0 aliphatic rings. The van der Waals surface area contributed by atoms with Crippen molar-refractivity contribution in [2.24, 2.45) is 0 Å². The van der Waals surface area contributed by atoms with Gasteiger partial charge in [-0.1, -0.05) is 43.3 Å². The fourth-order valence-corrected chi connectivity index (χ4v) is 3.14. The van der Waals surface area contributed by atoms with E-state index < -0.39 is 0 Å². The summed E-state index contributed by atoms with van der Waals surface area (Å²) in [5.41, 5.74) is 4.87. The average molecular weight is 336 g/mol. The zero-order valence-corrected chi connectivity index (χ0v) is 14.8. The van der Waals surface area contributed by atoms with Crippen LogP contribution in [0.3, 0.4) is 0 Å². The molecule has 0 atom stereocenters. The van der Waals surface area contributed by atoms with Crippen molar-refractivity contribution >= 4 is 22.6 Å². The maximum atomic E-state index is 11.3. The highest BCUT2D eigenvalue weighted by molar-refractivity contribution is 5.93. The van der Waals surface area contributed by atoms with E-state index in [4.69, 9.17) is 4.74 Å². The fourth-order valence-electron chi connectivity index (χ4n) is 3.14. The Bertz CT molecular complexity index is 853. The molecule has 2 aromatic carbocycles. The monoisotopic (exact) mass is 336 g/mol. The molecule has 4 heteroatoms. The summed E-state index contributed by atoms with van der Waals surface area (Å²) in [5, 5.41) is 4.56. The number of benzene rings is 2. The standard InChI is InChI=1S/C21H24N2O2/c1-3-17-14-18-19(22-13-12-21(24)25-2)10-7-11-20(18)23(17)15-16-8-5-4-6-9-16/h4-11,14,22H,3,12-13,15H2,1-2H3. The summed E-state index contributed by atoms with van der Waals surface area (Å²) >= 11 is 0. The maximum Gasteiger partial charge on any atom is 0.307 e. The van der Waals surface area contributed by atoms with Crippen LogP contribution in [0.5, 0.6) is 0 Å². The smallest absolute Gasteiger partial charge is 0.307 e. The largest absolute Gasteiger partial charge is 0.469 e. The molecule has 25 heavy (non-hydrogen) atoms. The first kappa shape index (κ1) is 17.1. The van der Waals surface area contributed by atoms with E-state index in [1.165, 1.54) is 29.3 Å². The minimum absolute atomic E-state index is 0.199. The molecule has 0 amide bonds. The van der Waals surface area contributed by atoms with E-state index in [0.29, 0.717) is 13.0 Å². The van der Waals surface area contributed by atoms with Gasteiger partial charge in [0.15, 0.2) is 0 Å². The molecule has 0 unspecified atom stereocenters. The van der Waals surface area contributed by atoms with Gasteiger partial charge in [0.05, 0.1) is 19.0 Å². The third kappa shape index (κ3) is 3.85. The average Bonchev–Trinajstić information content (AvgIpc) is 3.01. The topological polar surface area (TPSA) is 43.3 Å². The molecule has 1 aromatic heterocycles. The number of aryl methyl sites for hydroxylation is 1. The van der Waals surface area contributed by atoms with Crippen LogP contribution in [-0.4, -0.2) is 24.2 Å². The molecule has 1 N–H and O–H groups in total. The van der Waals surface area contributed by atoms with Crippen LogP contribution in [0.2, 0.25) is 0 Å². The van der Waals surface area contributed by atoms with Crippen molar-refractivity contribution in [1.82, 2.24) is 4.57 Å². The van der Waals surface area contributed by atoms with Gasteiger partial charge in [-0.2, -0.15) is 0 Å². The number of nitrogens with one attached hydrogen (secondary N) is 1. The van der Waals surface area contributed by atoms with E-state index >= 15 is 0 Å². The van der Waals surface area contributed by atoms with Gasteiger partial charge in [-0.3, -0.25) is 4.79 Å². The Labute approximate surface area is 148 Å². The van der Waals surface area contributed by atoms with Crippen LogP contribution >= 0.6 is 0 Å². The third-order valence-corrected chi connectivity index (χ3v) is 4.45. The number of carbonyl (C=O) groups is 1. The van der Waals surface area contributed by atoms with Gasteiger partial charge >= 0.3 is 5.97 Å². The number of rotatable bonds is 7. The molecule has 0 spiro atoms. The molecule has 0 radical (unpaired) electrons. The number of aromatic nitrogens is 1. The molecule has 0 fully saturated rings. The van der Waals surface area contributed by atoms with E-state index in [9.17, 15) is 4.79 Å². The second-order valence-electron chi connectivity index (χ2n) is 6.05. The first-order chi connectivity index (χ1) is 12.2. The van der Waals surface area contributed by atoms with Crippen molar-refractivity contribution in [3.05, 3.63) is 65.9 Å². The van der Waals surface area contributed by atoms with Crippen LogP contribution in [0.4, 0.5) is 5.69 Å². The summed E-state index contributed by atoms with van der Waals surface area (Å²) in [6.07, 6.45) is 1.33. The summed E-state index contributed by atoms with van der Waals surface area (Å²) in [4.78, 5) is 11.3. The van der Waals surface area contributed by atoms with Crippen molar-refractivity contribution in [2.75, 3.05) is 19.0 Å². The Balaban J connectivity index is 1.90. The van der Waals surface area contributed by atoms with Gasteiger partial charge in [0.25, 0.3) is 0 Å². The summed E-state index contributed by atoms with van der Waals surface area (Å²) in [6.45, 7) is 3.61. The second kappa shape index (κ2) is 7.88. The van der Waals surface area contributed by atoms with E-state index in [0.717, 1.165) is 18.7 Å². The second-order valence-corrected chi connectivity index (χ2v) is 6.05. The van der Waals surface area contributed by atoms with Crippen LogP contribution in [0.15, 0.2) is 54.6 Å². The zero-order chi connectivity index (χ0) is 17.6. The highest BCUT2D eigenvalue weighted by Gasteiger charge is 2.11. The number of nitrogens with zero attached hydrogens (tertiary/aromatic N) is 1. The fraction of sp³-hybridized carbons (Fsp3) is 0.286. The molecule has 0 saturated carbocycles. The number of hydrogen-bond donors (Lipinski definition) is 1. The normalized spacial score (nSPS) is 10.8. The SMILES string of the molecule is CCc1cc2c(NCCC(=O)OC)cccc2n1Cc1ccccc1. The Kier molecular flexibility index (Phi) is 5.39. The predicted octanol–water partition coefficient (Wildman–Crippen LogP) is 4.23. The first-order valence-corrected chi connectivity index (χ1v) is 8.68. The molecule has 3 aromatic rings. The summed E-state index contributed by atoms with van der Waals surface area (Å²) in [7, 11) is 1.42. The highest BCUT2D eigenvalue weighted by atomic mass is 16.5. The molecule has 0 aliphatic heterocycles. The first-order valence-electron chi connectivity index (χ1n) is 8.68. The van der Waals surface area contributed by atoms with Crippen LogP contribution in [-0.2, 0) is 22.5 Å². The van der Waals surface area contributed by atoms with E-state index in [1.807, 2.05) is 6.07 Å². The molecule has 4 nitrogen and oxygen atoms in total. The van der Waals surface area contributed by atoms with Gasteiger partial charge in [0.2, 0.25) is 0 Å². The molecule has 3 rings (SSSR count). The molecular weight excluding hydrogens is 312 g/mol. The van der Waals surface area contributed by atoms with Crippen molar-refractivity contribution in [2.45, 2.75) is 26.3 Å². The van der Waals surface area contributed by atoms with Crippen molar-refractivity contribution in [1.29, 1.82) is 0 Å². The number of hydrogen-bond acceptors (Lipinski definition) is 3. The Morgan fingerprint density at radius 3 is 2.64 bits per heavy atom. The number of anilines is 1. The number of esters is 1. The predicted molar refractivity (Wildman–Crippen MR) is 102 cm³/mol. The van der Waals surface area contributed by atoms with E-state index in [-0.39, 0.29) is 5.97 Å². The number of ether oxygens (including phenoxy) is 1. The summed E-state index contributed by atoms with van der Waals surface area (Å²) < 4.78 is 7.07. The molecular formula is C21H24N2O2. The minimum atomic E-state index is -0.199.